The number of nitrogens with zero attached hydrogens (tertiary/aromatic N) is 4. The van der Waals surface area contributed by atoms with Gasteiger partial charge in [-0.25, -0.2) is 14.3 Å². The Hall–Kier alpha value is -2.94. The summed E-state index contributed by atoms with van der Waals surface area (Å²) in [5, 5.41) is 17.0. The van der Waals surface area contributed by atoms with Crippen molar-refractivity contribution in [3.05, 3.63) is 35.3 Å². The second kappa shape index (κ2) is 7.36. The molecule has 4 heterocycles. The standard InChI is InChI=1S/C18H19N5O3S/c24-17-3-1-9-22(17)10-2-8-19-15-6-7-16-20-11-12(23(16)21-15)13-4-5-14(27-13)18(25)26/h4-7,11H,1-3,8-10H2,(H,19,21)(H,25,26). The number of hydrogen-bond donors (Lipinski definition) is 2. The summed E-state index contributed by atoms with van der Waals surface area (Å²) < 4.78 is 1.71. The van der Waals surface area contributed by atoms with Crippen LogP contribution >= 0.6 is 11.3 Å². The predicted octanol–water partition coefficient (Wildman–Crippen LogP) is 2.58. The number of hydrogen-bond acceptors (Lipinski definition) is 6. The Morgan fingerprint density at radius 1 is 1.30 bits per heavy atom. The van der Waals surface area contributed by atoms with Crippen LogP contribution in [0.25, 0.3) is 16.2 Å². The number of fused-ring (bicyclic) bond motifs is 1. The van der Waals surface area contributed by atoms with E-state index in [4.69, 9.17) is 5.11 Å². The molecule has 9 heteroatoms. The smallest absolute Gasteiger partial charge is 0.345 e. The Morgan fingerprint density at radius 3 is 2.93 bits per heavy atom. The molecule has 0 atom stereocenters. The number of rotatable bonds is 7. The summed E-state index contributed by atoms with van der Waals surface area (Å²) in [6.07, 6.45) is 4.18. The third-order valence-corrected chi connectivity index (χ3v) is 5.61. The first-order valence-electron chi connectivity index (χ1n) is 8.82. The van der Waals surface area contributed by atoms with Crippen molar-refractivity contribution in [1.29, 1.82) is 0 Å². The van der Waals surface area contributed by atoms with Crippen LogP contribution in [-0.4, -0.2) is 56.1 Å². The highest BCUT2D eigenvalue weighted by Crippen LogP contribution is 2.28. The van der Waals surface area contributed by atoms with E-state index in [0.717, 1.165) is 36.5 Å². The minimum atomic E-state index is -0.938. The Bertz CT molecular complexity index is 996. The van der Waals surface area contributed by atoms with Crippen LogP contribution in [-0.2, 0) is 4.79 Å². The van der Waals surface area contributed by atoms with Crippen molar-refractivity contribution in [2.24, 2.45) is 0 Å². The second-order valence-corrected chi connectivity index (χ2v) is 7.45. The number of thiophene rings is 1. The summed E-state index contributed by atoms with van der Waals surface area (Å²) in [5.41, 5.74) is 1.46. The Balaban J connectivity index is 1.45. The Labute approximate surface area is 159 Å². The zero-order valence-electron chi connectivity index (χ0n) is 14.6. The number of anilines is 1. The molecule has 2 N–H and O–H groups in total. The van der Waals surface area contributed by atoms with Crippen molar-refractivity contribution in [1.82, 2.24) is 19.5 Å². The first-order chi connectivity index (χ1) is 13.1. The van der Waals surface area contributed by atoms with E-state index >= 15 is 0 Å². The highest BCUT2D eigenvalue weighted by molar-refractivity contribution is 7.17. The van der Waals surface area contributed by atoms with Gasteiger partial charge >= 0.3 is 5.97 Å². The first kappa shape index (κ1) is 17.5. The minimum Gasteiger partial charge on any atom is -0.477 e. The van der Waals surface area contributed by atoms with E-state index in [1.54, 1.807) is 22.8 Å². The van der Waals surface area contributed by atoms with Gasteiger partial charge in [0.1, 0.15) is 16.4 Å². The lowest BCUT2D eigenvalue weighted by Gasteiger charge is -2.15. The van der Waals surface area contributed by atoms with Gasteiger partial charge in [0, 0.05) is 26.1 Å². The van der Waals surface area contributed by atoms with Crippen LogP contribution in [0.2, 0.25) is 0 Å². The molecule has 0 spiro atoms. The molecule has 0 radical (unpaired) electrons. The molecule has 3 aromatic rings. The van der Waals surface area contributed by atoms with Crippen molar-refractivity contribution >= 4 is 34.7 Å². The number of imidazole rings is 1. The number of aromatic nitrogens is 3. The molecule has 3 aromatic heterocycles. The number of carboxylic acid groups (broad SMARTS) is 1. The van der Waals surface area contributed by atoms with Gasteiger partial charge in [-0.3, -0.25) is 4.79 Å². The molecule has 1 aliphatic heterocycles. The zero-order chi connectivity index (χ0) is 18.8. The van der Waals surface area contributed by atoms with Crippen molar-refractivity contribution in [2.75, 3.05) is 25.0 Å². The lowest BCUT2D eigenvalue weighted by Crippen LogP contribution is -2.27. The van der Waals surface area contributed by atoms with Crippen molar-refractivity contribution < 1.29 is 14.7 Å². The van der Waals surface area contributed by atoms with E-state index in [-0.39, 0.29) is 10.8 Å². The summed E-state index contributed by atoms with van der Waals surface area (Å²) in [4.78, 5) is 30.0. The van der Waals surface area contributed by atoms with E-state index in [1.165, 1.54) is 11.3 Å². The number of carboxylic acids is 1. The third kappa shape index (κ3) is 3.63. The van der Waals surface area contributed by atoms with Crippen LogP contribution in [0.1, 0.15) is 28.9 Å². The fraction of sp³-hybridized carbons (Fsp3) is 0.333. The second-order valence-electron chi connectivity index (χ2n) is 6.37. The molecule has 0 aliphatic carbocycles. The normalized spacial score (nSPS) is 14.2. The molecule has 8 nitrogen and oxygen atoms in total. The quantitative estimate of drug-likeness (QED) is 0.607. The number of amides is 1. The fourth-order valence-electron chi connectivity index (χ4n) is 3.15. The van der Waals surface area contributed by atoms with Crippen LogP contribution < -0.4 is 5.32 Å². The summed E-state index contributed by atoms with van der Waals surface area (Å²) in [6, 6.07) is 7.09. The Morgan fingerprint density at radius 2 is 2.19 bits per heavy atom. The Kier molecular flexibility index (Phi) is 4.76. The van der Waals surface area contributed by atoms with Crippen LogP contribution in [0.4, 0.5) is 5.82 Å². The predicted molar refractivity (Wildman–Crippen MR) is 102 cm³/mol. The van der Waals surface area contributed by atoms with Gasteiger partial charge in [-0.1, -0.05) is 0 Å². The molecule has 0 saturated carbocycles. The average Bonchev–Trinajstić information content (AvgIpc) is 3.38. The number of nitrogens with one attached hydrogen (secondary N) is 1. The fourth-order valence-corrected chi connectivity index (χ4v) is 3.99. The highest BCUT2D eigenvalue weighted by Gasteiger charge is 2.19. The molecule has 0 bridgehead atoms. The summed E-state index contributed by atoms with van der Waals surface area (Å²) in [5.74, 6) is 0.0191. The van der Waals surface area contributed by atoms with Crippen molar-refractivity contribution in [3.63, 3.8) is 0 Å². The maximum atomic E-state index is 11.6. The van der Waals surface area contributed by atoms with E-state index < -0.39 is 5.97 Å². The van der Waals surface area contributed by atoms with Crippen molar-refractivity contribution in [2.45, 2.75) is 19.3 Å². The van der Waals surface area contributed by atoms with Crippen LogP contribution in [0.15, 0.2) is 30.5 Å². The van der Waals surface area contributed by atoms with E-state index in [9.17, 15) is 9.59 Å². The minimum absolute atomic E-state index is 0.245. The average molecular weight is 385 g/mol. The topological polar surface area (TPSA) is 99.8 Å². The molecule has 27 heavy (non-hydrogen) atoms. The molecule has 140 valence electrons. The molecule has 4 rings (SSSR count). The van der Waals surface area contributed by atoms with Crippen molar-refractivity contribution in [3.8, 4) is 10.6 Å². The van der Waals surface area contributed by atoms with E-state index in [0.29, 0.717) is 24.4 Å². The number of likely N-dealkylation sites (tertiary alicyclic amines) is 1. The van der Waals surface area contributed by atoms with E-state index in [1.807, 2.05) is 17.0 Å². The van der Waals surface area contributed by atoms with Gasteiger partial charge < -0.3 is 15.3 Å². The van der Waals surface area contributed by atoms with E-state index in [2.05, 4.69) is 15.4 Å². The molecule has 1 saturated heterocycles. The summed E-state index contributed by atoms with van der Waals surface area (Å²) in [6.45, 7) is 2.34. The lowest BCUT2D eigenvalue weighted by molar-refractivity contribution is -0.127. The molecule has 1 aliphatic rings. The maximum Gasteiger partial charge on any atom is 0.345 e. The lowest BCUT2D eigenvalue weighted by atomic mass is 10.3. The summed E-state index contributed by atoms with van der Waals surface area (Å²) in [7, 11) is 0. The van der Waals surface area contributed by atoms with Gasteiger partial charge in [0.25, 0.3) is 0 Å². The summed E-state index contributed by atoms with van der Waals surface area (Å²) >= 11 is 1.20. The molecule has 1 amide bonds. The number of carbonyl (C=O) groups excluding carboxylic acids is 1. The number of carbonyl (C=O) groups is 2. The highest BCUT2D eigenvalue weighted by atomic mass is 32.1. The van der Waals surface area contributed by atoms with Crippen LogP contribution in [0.3, 0.4) is 0 Å². The van der Waals surface area contributed by atoms with Crippen LogP contribution in [0, 0.1) is 0 Å². The van der Waals surface area contributed by atoms with Gasteiger partial charge in [-0.15, -0.1) is 16.4 Å². The van der Waals surface area contributed by atoms with Crippen LogP contribution in [0.5, 0.6) is 0 Å². The number of aromatic carboxylic acids is 1. The monoisotopic (exact) mass is 385 g/mol. The molecule has 1 fully saturated rings. The SMILES string of the molecule is O=C(O)c1ccc(-c2cnc3ccc(NCCCN4CCCC4=O)nn23)s1. The zero-order valence-corrected chi connectivity index (χ0v) is 15.4. The van der Waals surface area contributed by atoms with Gasteiger partial charge in [0.05, 0.1) is 11.1 Å². The molecular formula is C18H19N5O3S. The van der Waals surface area contributed by atoms with Gasteiger partial charge in [-0.05, 0) is 37.1 Å². The van der Waals surface area contributed by atoms with Gasteiger partial charge in [0.15, 0.2) is 5.65 Å². The molecule has 0 unspecified atom stereocenters. The van der Waals surface area contributed by atoms with Gasteiger partial charge in [0.2, 0.25) is 5.91 Å². The first-order valence-corrected chi connectivity index (χ1v) is 9.63. The molecule has 0 aromatic carbocycles. The van der Waals surface area contributed by atoms with Gasteiger partial charge in [-0.2, -0.15) is 0 Å². The maximum absolute atomic E-state index is 11.6. The third-order valence-electron chi connectivity index (χ3n) is 4.51. The molecular weight excluding hydrogens is 366 g/mol. The largest absolute Gasteiger partial charge is 0.477 e.